The number of carbonyl (C=O) groups excluding carboxylic acids is 1. The number of nitrogens with zero attached hydrogens (tertiary/aromatic N) is 3. The standard InChI is InChI=1S/C21H20N4OS/c1-13-8-4-5-9-15(13)20-23-24-21(25(20)3)27-12-18(26)19-14(2)22-17-11-7-6-10-16(17)19/h4-11,22H,12H2,1-3H3. The molecule has 1 N–H and O–H groups in total. The maximum Gasteiger partial charge on any atom is 0.191 e. The number of para-hydroxylation sites is 1. The Morgan fingerprint density at radius 1 is 1.07 bits per heavy atom. The van der Waals surface area contributed by atoms with E-state index in [9.17, 15) is 4.79 Å². The minimum absolute atomic E-state index is 0.0930. The number of aromatic nitrogens is 4. The van der Waals surface area contributed by atoms with E-state index >= 15 is 0 Å². The second-order valence-electron chi connectivity index (χ2n) is 6.56. The smallest absolute Gasteiger partial charge is 0.191 e. The fraction of sp³-hybridized carbons (Fsp3) is 0.190. The van der Waals surface area contributed by atoms with Crippen LogP contribution < -0.4 is 0 Å². The van der Waals surface area contributed by atoms with Crippen molar-refractivity contribution in [3.05, 3.63) is 65.4 Å². The van der Waals surface area contributed by atoms with Gasteiger partial charge in [-0.05, 0) is 25.5 Å². The zero-order chi connectivity index (χ0) is 19.0. The third kappa shape index (κ3) is 3.17. The number of benzene rings is 2. The summed E-state index contributed by atoms with van der Waals surface area (Å²) < 4.78 is 1.95. The Bertz CT molecular complexity index is 1140. The third-order valence-corrected chi connectivity index (χ3v) is 5.75. The molecule has 4 aromatic rings. The van der Waals surface area contributed by atoms with Crippen LogP contribution >= 0.6 is 11.8 Å². The first-order valence-corrected chi connectivity index (χ1v) is 9.73. The van der Waals surface area contributed by atoms with Gasteiger partial charge in [-0.1, -0.05) is 54.2 Å². The highest BCUT2D eigenvalue weighted by atomic mass is 32.2. The van der Waals surface area contributed by atoms with Crippen LogP contribution in [0.4, 0.5) is 0 Å². The largest absolute Gasteiger partial charge is 0.358 e. The monoisotopic (exact) mass is 376 g/mol. The van der Waals surface area contributed by atoms with E-state index < -0.39 is 0 Å². The molecule has 2 aromatic carbocycles. The fourth-order valence-electron chi connectivity index (χ4n) is 3.34. The molecule has 6 heteroatoms. The number of aromatic amines is 1. The van der Waals surface area contributed by atoms with E-state index in [1.165, 1.54) is 11.8 Å². The Labute approximate surface area is 161 Å². The zero-order valence-electron chi connectivity index (χ0n) is 15.5. The Hall–Kier alpha value is -2.86. The molecule has 0 bridgehead atoms. The van der Waals surface area contributed by atoms with Crippen molar-refractivity contribution in [1.82, 2.24) is 19.7 Å². The van der Waals surface area contributed by atoms with Crippen LogP contribution in [0.3, 0.4) is 0 Å². The quantitative estimate of drug-likeness (QED) is 0.410. The van der Waals surface area contributed by atoms with Gasteiger partial charge < -0.3 is 9.55 Å². The van der Waals surface area contributed by atoms with Gasteiger partial charge in [-0.15, -0.1) is 10.2 Å². The topological polar surface area (TPSA) is 63.6 Å². The van der Waals surface area contributed by atoms with E-state index in [0.29, 0.717) is 5.75 Å². The van der Waals surface area contributed by atoms with E-state index in [1.54, 1.807) is 0 Å². The van der Waals surface area contributed by atoms with Gasteiger partial charge in [0.2, 0.25) is 0 Å². The van der Waals surface area contributed by atoms with E-state index in [4.69, 9.17) is 0 Å². The first-order chi connectivity index (χ1) is 13.1. The normalized spacial score (nSPS) is 11.2. The second kappa shape index (κ2) is 7.04. The van der Waals surface area contributed by atoms with E-state index in [0.717, 1.165) is 44.3 Å². The molecule has 0 unspecified atom stereocenters. The summed E-state index contributed by atoms with van der Waals surface area (Å²) in [6, 6.07) is 16.0. The molecule has 0 fully saturated rings. The van der Waals surface area contributed by atoms with Crippen LogP contribution in [0.5, 0.6) is 0 Å². The number of hydrogen-bond donors (Lipinski definition) is 1. The van der Waals surface area contributed by atoms with Gasteiger partial charge in [0.05, 0.1) is 5.75 Å². The van der Waals surface area contributed by atoms with Crippen LogP contribution in [-0.4, -0.2) is 31.3 Å². The summed E-state index contributed by atoms with van der Waals surface area (Å²) in [6.07, 6.45) is 0. The predicted octanol–water partition coefficient (Wildman–Crippen LogP) is 4.56. The van der Waals surface area contributed by atoms with Crippen LogP contribution in [0.15, 0.2) is 53.7 Å². The van der Waals surface area contributed by atoms with Gasteiger partial charge in [0.25, 0.3) is 0 Å². The molecule has 0 saturated heterocycles. The Morgan fingerprint density at radius 3 is 2.63 bits per heavy atom. The first kappa shape index (κ1) is 17.5. The molecule has 0 amide bonds. The molecule has 0 aliphatic carbocycles. The van der Waals surface area contributed by atoms with Gasteiger partial charge in [0.1, 0.15) is 0 Å². The molecule has 0 saturated carbocycles. The molecule has 2 aromatic heterocycles. The average molecular weight is 376 g/mol. The number of thioether (sulfide) groups is 1. The van der Waals surface area contributed by atoms with Crippen molar-refractivity contribution < 1.29 is 4.79 Å². The summed E-state index contributed by atoms with van der Waals surface area (Å²) in [5.74, 6) is 1.23. The molecular formula is C21H20N4OS. The Kier molecular flexibility index (Phi) is 4.58. The van der Waals surface area contributed by atoms with Gasteiger partial charge in [-0.3, -0.25) is 4.79 Å². The van der Waals surface area contributed by atoms with Gasteiger partial charge in [0.15, 0.2) is 16.8 Å². The minimum atomic E-state index is 0.0930. The van der Waals surface area contributed by atoms with Gasteiger partial charge in [-0.2, -0.15) is 0 Å². The molecular weight excluding hydrogens is 356 g/mol. The van der Waals surface area contributed by atoms with Crippen molar-refractivity contribution in [3.63, 3.8) is 0 Å². The van der Waals surface area contributed by atoms with Gasteiger partial charge in [-0.25, -0.2) is 0 Å². The van der Waals surface area contributed by atoms with E-state index in [-0.39, 0.29) is 5.78 Å². The summed E-state index contributed by atoms with van der Waals surface area (Å²) in [6.45, 7) is 4.00. The number of ketones is 1. The lowest BCUT2D eigenvalue weighted by molar-refractivity contribution is 0.102. The maximum absolute atomic E-state index is 12.9. The molecule has 136 valence electrons. The minimum Gasteiger partial charge on any atom is -0.358 e. The van der Waals surface area contributed by atoms with Crippen LogP contribution in [0.1, 0.15) is 21.6 Å². The number of aryl methyl sites for hydroxylation is 2. The number of H-pyrrole nitrogens is 1. The summed E-state index contributed by atoms with van der Waals surface area (Å²) in [7, 11) is 1.94. The SMILES string of the molecule is Cc1ccccc1-c1nnc(SCC(=O)c2c(C)[nH]c3ccccc23)n1C. The van der Waals surface area contributed by atoms with Crippen molar-refractivity contribution >= 4 is 28.4 Å². The van der Waals surface area contributed by atoms with Gasteiger partial charge in [0, 0.05) is 34.8 Å². The fourth-order valence-corrected chi connectivity index (χ4v) is 4.12. The molecule has 5 nitrogen and oxygen atoms in total. The molecule has 0 aliphatic rings. The number of hydrogen-bond acceptors (Lipinski definition) is 4. The highest BCUT2D eigenvalue weighted by Gasteiger charge is 2.18. The van der Waals surface area contributed by atoms with Crippen molar-refractivity contribution in [3.8, 4) is 11.4 Å². The summed E-state index contributed by atoms with van der Waals surface area (Å²) in [5, 5.41) is 10.3. The van der Waals surface area contributed by atoms with Crippen molar-refractivity contribution in [2.75, 3.05) is 5.75 Å². The van der Waals surface area contributed by atoms with Gasteiger partial charge >= 0.3 is 0 Å². The number of fused-ring (bicyclic) bond motifs is 1. The van der Waals surface area contributed by atoms with Crippen molar-refractivity contribution in [1.29, 1.82) is 0 Å². The molecule has 0 radical (unpaired) electrons. The lowest BCUT2D eigenvalue weighted by Gasteiger charge is -2.06. The molecule has 0 spiro atoms. The van der Waals surface area contributed by atoms with Crippen LogP contribution in [0.25, 0.3) is 22.3 Å². The molecule has 0 atom stereocenters. The molecule has 0 aliphatic heterocycles. The van der Waals surface area contributed by atoms with Crippen LogP contribution in [-0.2, 0) is 7.05 Å². The maximum atomic E-state index is 12.9. The number of Topliss-reactive ketones (excluding diaryl/α,β-unsaturated/α-hetero) is 1. The van der Waals surface area contributed by atoms with Crippen LogP contribution in [0, 0.1) is 13.8 Å². The molecule has 2 heterocycles. The van der Waals surface area contributed by atoms with Crippen LogP contribution in [0.2, 0.25) is 0 Å². The lowest BCUT2D eigenvalue weighted by Crippen LogP contribution is -2.05. The third-order valence-electron chi connectivity index (χ3n) is 4.73. The van der Waals surface area contributed by atoms with E-state index in [2.05, 4.69) is 28.2 Å². The van der Waals surface area contributed by atoms with Crippen molar-refractivity contribution in [2.24, 2.45) is 7.05 Å². The second-order valence-corrected chi connectivity index (χ2v) is 7.51. The first-order valence-electron chi connectivity index (χ1n) is 8.75. The predicted molar refractivity (Wildman–Crippen MR) is 109 cm³/mol. The van der Waals surface area contributed by atoms with Crippen molar-refractivity contribution in [2.45, 2.75) is 19.0 Å². The number of carbonyl (C=O) groups is 1. The molecule has 4 rings (SSSR count). The summed E-state index contributed by atoms with van der Waals surface area (Å²) >= 11 is 1.42. The highest BCUT2D eigenvalue weighted by Crippen LogP contribution is 2.27. The molecule has 27 heavy (non-hydrogen) atoms. The number of nitrogens with one attached hydrogen (secondary N) is 1. The summed E-state index contributed by atoms with van der Waals surface area (Å²) in [5.41, 5.74) is 4.86. The highest BCUT2D eigenvalue weighted by molar-refractivity contribution is 7.99. The number of rotatable bonds is 5. The Balaban J connectivity index is 1.57. The zero-order valence-corrected chi connectivity index (χ0v) is 16.3. The lowest BCUT2D eigenvalue weighted by atomic mass is 10.1. The summed E-state index contributed by atoms with van der Waals surface area (Å²) in [4.78, 5) is 16.1. The average Bonchev–Trinajstić information content (AvgIpc) is 3.19. The van der Waals surface area contributed by atoms with E-state index in [1.807, 2.05) is 61.0 Å². The Morgan fingerprint density at radius 2 is 1.81 bits per heavy atom.